The zero-order chi connectivity index (χ0) is 13.0. The van der Waals surface area contributed by atoms with E-state index >= 15 is 0 Å². The van der Waals surface area contributed by atoms with Gasteiger partial charge in [0.15, 0.2) is 0 Å². The molecule has 2 N–H and O–H groups in total. The van der Waals surface area contributed by atoms with Crippen LogP contribution in [0.5, 0.6) is 5.75 Å². The number of phenolic OH excluding ortho intramolecular Hbond substituents is 1. The van der Waals surface area contributed by atoms with Crippen LogP contribution < -0.4 is 5.32 Å². The van der Waals surface area contributed by atoms with Crippen molar-refractivity contribution in [1.82, 2.24) is 5.32 Å². The van der Waals surface area contributed by atoms with E-state index in [2.05, 4.69) is 10.1 Å². The summed E-state index contributed by atoms with van der Waals surface area (Å²) in [5.74, 6) is -0.222. The van der Waals surface area contributed by atoms with Gasteiger partial charge in [-0.15, -0.1) is 0 Å². The lowest BCUT2D eigenvalue weighted by Gasteiger charge is -2.05. The SMILES string of the molecule is O=C1NC(CCCCc2ccc(O)cc2)C(=O)O1. The number of aryl methyl sites for hydroxylation is 1. The van der Waals surface area contributed by atoms with Crippen LogP contribution in [0.4, 0.5) is 4.79 Å². The minimum atomic E-state index is -0.650. The summed E-state index contributed by atoms with van der Waals surface area (Å²) in [6.45, 7) is 0. The third-order valence-electron chi connectivity index (χ3n) is 2.91. The molecule has 5 nitrogen and oxygen atoms in total. The molecule has 1 aromatic carbocycles. The molecule has 0 spiro atoms. The molecule has 1 saturated heterocycles. The van der Waals surface area contributed by atoms with Crippen LogP contribution in [-0.4, -0.2) is 23.2 Å². The number of ether oxygens (including phenoxy) is 1. The number of rotatable bonds is 5. The summed E-state index contributed by atoms with van der Waals surface area (Å²) >= 11 is 0. The minimum absolute atomic E-state index is 0.259. The van der Waals surface area contributed by atoms with Crippen LogP contribution in [0.2, 0.25) is 0 Å². The molecular formula is C13H15NO4. The number of carbonyl (C=O) groups excluding carboxylic acids is 2. The summed E-state index contributed by atoms with van der Waals surface area (Å²) in [6.07, 6.45) is 2.59. The van der Waals surface area contributed by atoms with Crippen molar-refractivity contribution in [3.8, 4) is 5.75 Å². The third kappa shape index (κ3) is 3.23. The van der Waals surface area contributed by atoms with Crippen molar-refractivity contribution in [1.29, 1.82) is 0 Å². The Bertz CT molecular complexity index is 441. The minimum Gasteiger partial charge on any atom is -0.508 e. The first kappa shape index (κ1) is 12.4. The monoisotopic (exact) mass is 249 g/mol. The molecule has 2 rings (SSSR count). The van der Waals surface area contributed by atoms with Gasteiger partial charge in [-0.3, -0.25) is 0 Å². The smallest absolute Gasteiger partial charge is 0.415 e. The number of phenols is 1. The van der Waals surface area contributed by atoms with Crippen LogP contribution >= 0.6 is 0 Å². The molecule has 1 aromatic rings. The predicted octanol–water partition coefficient (Wildman–Crippen LogP) is 1.74. The molecule has 0 aromatic heterocycles. The Morgan fingerprint density at radius 1 is 1.17 bits per heavy atom. The molecule has 18 heavy (non-hydrogen) atoms. The second-order valence-corrected chi connectivity index (χ2v) is 4.32. The molecule has 0 saturated carbocycles. The number of alkyl carbamates (subject to hydrolysis) is 1. The lowest BCUT2D eigenvalue weighted by molar-refractivity contribution is -0.135. The summed E-state index contributed by atoms with van der Waals surface area (Å²) in [4.78, 5) is 21.9. The third-order valence-corrected chi connectivity index (χ3v) is 2.91. The maximum Gasteiger partial charge on any atom is 0.415 e. The number of unbranched alkanes of at least 4 members (excludes halogenated alkanes) is 1. The number of aromatic hydroxyl groups is 1. The molecule has 1 heterocycles. The van der Waals surface area contributed by atoms with Gasteiger partial charge in [0.1, 0.15) is 11.8 Å². The zero-order valence-electron chi connectivity index (χ0n) is 9.89. The summed E-state index contributed by atoms with van der Waals surface area (Å²) in [6, 6.07) is 6.58. The second-order valence-electron chi connectivity index (χ2n) is 4.32. The standard InChI is InChI=1S/C13H15NO4/c15-10-7-5-9(6-8-10)3-1-2-4-11-12(16)18-13(17)14-11/h5-8,11,15H,1-4H2,(H,14,17). The topological polar surface area (TPSA) is 75.6 Å². The van der Waals surface area contributed by atoms with E-state index in [4.69, 9.17) is 5.11 Å². The van der Waals surface area contributed by atoms with Gasteiger partial charge in [-0.1, -0.05) is 18.6 Å². The first-order valence-electron chi connectivity index (χ1n) is 5.95. The van der Waals surface area contributed by atoms with E-state index in [9.17, 15) is 9.59 Å². The maximum atomic E-state index is 11.2. The molecule has 1 amide bonds. The Morgan fingerprint density at radius 3 is 2.50 bits per heavy atom. The first-order valence-corrected chi connectivity index (χ1v) is 5.95. The highest BCUT2D eigenvalue weighted by molar-refractivity contribution is 5.95. The molecule has 0 bridgehead atoms. The predicted molar refractivity (Wildman–Crippen MR) is 64.1 cm³/mol. The van der Waals surface area contributed by atoms with Gasteiger partial charge in [0.05, 0.1) is 0 Å². The van der Waals surface area contributed by atoms with E-state index in [0.717, 1.165) is 24.8 Å². The lowest BCUT2D eigenvalue weighted by atomic mass is 10.0. The Hall–Kier alpha value is -2.04. The van der Waals surface area contributed by atoms with Crippen molar-refractivity contribution in [3.05, 3.63) is 29.8 Å². The van der Waals surface area contributed by atoms with Gasteiger partial charge in [-0.2, -0.15) is 0 Å². The quantitative estimate of drug-likeness (QED) is 0.473. The van der Waals surface area contributed by atoms with Crippen molar-refractivity contribution in [2.75, 3.05) is 0 Å². The number of amides is 1. The summed E-state index contributed by atoms with van der Waals surface area (Å²) in [7, 11) is 0. The number of benzene rings is 1. The van der Waals surface area contributed by atoms with Crippen molar-refractivity contribution in [2.45, 2.75) is 31.7 Å². The number of carbonyl (C=O) groups is 2. The Morgan fingerprint density at radius 2 is 1.89 bits per heavy atom. The van der Waals surface area contributed by atoms with Crippen LogP contribution in [0.15, 0.2) is 24.3 Å². The molecule has 1 atom stereocenters. The molecule has 0 radical (unpaired) electrons. The molecule has 0 aliphatic carbocycles. The van der Waals surface area contributed by atoms with E-state index < -0.39 is 18.1 Å². The average Bonchev–Trinajstić information content (AvgIpc) is 2.66. The second kappa shape index (κ2) is 5.53. The molecule has 1 fully saturated rings. The highest BCUT2D eigenvalue weighted by Crippen LogP contribution is 2.14. The van der Waals surface area contributed by atoms with Crippen molar-refractivity contribution in [2.24, 2.45) is 0 Å². The Kier molecular flexibility index (Phi) is 3.82. The van der Waals surface area contributed by atoms with Crippen LogP contribution in [-0.2, 0) is 16.0 Å². The van der Waals surface area contributed by atoms with Gasteiger partial charge in [-0.25, -0.2) is 9.59 Å². The van der Waals surface area contributed by atoms with Crippen molar-refractivity contribution in [3.63, 3.8) is 0 Å². The molecule has 1 aliphatic rings. The molecule has 1 aliphatic heterocycles. The molecule has 96 valence electrons. The maximum absolute atomic E-state index is 11.2. The van der Waals surface area contributed by atoms with Gasteiger partial charge < -0.3 is 15.2 Å². The van der Waals surface area contributed by atoms with Crippen LogP contribution in [0.3, 0.4) is 0 Å². The number of hydrogen-bond donors (Lipinski definition) is 2. The van der Waals surface area contributed by atoms with Gasteiger partial charge in [-0.05, 0) is 37.0 Å². The largest absolute Gasteiger partial charge is 0.508 e. The van der Waals surface area contributed by atoms with Crippen molar-refractivity contribution < 1.29 is 19.4 Å². The summed E-state index contributed by atoms with van der Waals surface area (Å²) < 4.78 is 4.39. The molecule has 5 heteroatoms. The van der Waals surface area contributed by atoms with Gasteiger partial charge in [0.2, 0.25) is 0 Å². The average molecular weight is 249 g/mol. The van der Waals surface area contributed by atoms with Crippen LogP contribution in [0.1, 0.15) is 24.8 Å². The first-order chi connectivity index (χ1) is 8.65. The zero-order valence-corrected chi connectivity index (χ0v) is 9.89. The Balaban J connectivity index is 1.68. The fourth-order valence-electron chi connectivity index (χ4n) is 1.92. The Labute approximate surface area is 105 Å². The van der Waals surface area contributed by atoms with Crippen LogP contribution in [0, 0.1) is 0 Å². The van der Waals surface area contributed by atoms with E-state index in [1.54, 1.807) is 12.1 Å². The van der Waals surface area contributed by atoms with E-state index in [1.807, 2.05) is 12.1 Å². The van der Waals surface area contributed by atoms with Crippen molar-refractivity contribution >= 4 is 12.1 Å². The number of cyclic esters (lactones) is 2. The molecule has 1 unspecified atom stereocenters. The van der Waals surface area contributed by atoms with Crippen LogP contribution in [0.25, 0.3) is 0 Å². The number of nitrogens with one attached hydrogen (secondary N) is 1. The van der Waals surface area contributed by atoms with Gasteiger partial charge >= 0.3 is 12.1 Å². The normalized spacial score (nSPS) is 18.6. The van der Waals surface area contributed by atoms with E-state index in [0.29, 0.717) is 6.42 Å². The highest BCUT2D eigenvalue weighted by Gasteiger charge is 2.31. The highest BCUT2D eigenvalue weighted by atomic mass is 16.6. The number of esters is 1. The summed E-state index contributed by atoms with van der Waals surface area (Å²) in [5, 5.41) is 11.6. The van der Waals surface area contributed by atoms with Gasteiger partial charge in [0.25, 0.3) is 0 Å². The fraction of sp³-hybridized carbons (Fsp3) is 0.385. The number of hydrogen-bond acceptors (Lipinski definition) is 4. The lowest BCUT2D eigenvalue weighted by Crippen LogP contribution is -2.28. The van der Waals surface area contributed by atoms with E-state index in [1.165, 1.54) is 0 Å². The molecular weight excluding hydrogens is 234 g/mol. The van der Waals surface area contributed by atoms with Gasteiger partial charge in [0, 0.05) is 0 Å². The van der Waals surface area contributed by atoms with E-state index in [-0.39, 0.29) is 5.75 Å². The fourth-order valence-corrected chi connectivity index (χ4v) is 1.92. The summed E-state index contributed by atoms with van der Waals surface area (Å²) in [5.41, 5.74) is 1.14.